The summed E-state index contributed by atoms with van der Waals surface area (Å²) >= 11 is 0. The lowest BCUT2D eigenvalue weighted by Gasteiger charge is -2.35. The number of benzene rings is 1. The Balaban J connectivity index is 1.92. The van der Waals surface area contributed by atoms with E-state index in [1.165, 1.54) is 12.0 Å². The molecule has 124 valence electrons. The van der Waals surface area contributed by atoms with E-state index in [4.69, 9.17) is 14.6 Å². The van der Waals surface area contributed by atoms with Gasteiger partial charge in [-0.25, -0.2) is 0 Å². The van der Waals surface area contributed by atoms with Gasteiger partial charge in [-0.15, -0.1) is 0 Å². The van der Waals surface area contributed by atoms with Crippen LogP contribution in [0.25, 0.3) is 0 Å². The lowest BCUT2D eigenvalue weighted by atomic mass is 9.94. The third-order valence-electron chi connectivity index (χ3n) is 4.25. The number of rotatable bonds is 7. The standard InChI is InChI=1S/C17H28N2O3/c1-13-12-19(2)7-6-15(13)18-11-14-4-5-16(22-9-8-20)17(10-14)21-3/h4-5,10,13,15,18,20H,6-9,11-12H2,1-3H3. The van der Waals surface area contributed by atoms with Crippen molar-refractivity contribution in [1.82, 2.24) is 10.2 Å². The van der Waals surface area contributed by atoms with E-state index >= 15 is 0 Å². The number of nitrogens with zero attached hydrogens (tertiary/aromatic N) is 1. The molecule has 22 heavy (non-hydrogen) atoms. The number of methoxy groups -OCH3 is 1. The highest BCUT2D eigenvalue weighted by atomic mass is 16.5. The number of aliphatic hydroxyl groups excluding tert-OH is 1. The molecule has 1 aromatic rings. The summed E-state index contributed by atoms with van der Waals surface area (Å²) in [5, 5.41) is 12.5. The summed E-state index contributed by atoms with van der Waals surface area (Å²) < 4.78 is 10.8. The van der Waals surface area contributed by atoms with Crippen molar-refractivity contribution in [3.63, 3.8) is 0 Å². The molecule has 1 aliphatic heterocycles. The minimum absolute atomic E-state index is 0.000472. The Morgan fingerprint density at radius 1 is 1.36 bits per heavy atom. The maximum Gasteiger partial charge on any atom is 0.161 e. The minimum atomic E-state index is 0.000472. The predicted molar refractivity (Wildman–Crippen MR) is 87.5 cm³/mol. The van der Waals surface area contributed by atoms with Crippen LogP contribution in [0.5, 0.6) is 11.5 Å². The van der Waals surface area contributed by atoms with Crippen molar-refractivity contribution in [1.29, 1.82) is 0 Å². The molecule has 5 nitrogen and oxygen atoms in total. The molecule has 1 saturated heterocycles. The van der Waals surface area contributed by atoms with Crippen LogP contribution in [0.1, 0.15) is 18.9 Å². The fourth-order valence-corrected chi connectivity index (χ4v) is 3.00. The lowest BCUT2D eigenvalue weighted by Crippen LogP contribution is -2.46. The number of hydrogen-bond donors (Lipinski definition) is 2. The number of aliphatic hydroxyl groups is 1. The van der Waals surface area contributed by atoms with Crippen LogP contribution in [-0.4, -0.2) is 56.5 Å². The molecule has 1 aliphatic rings. The van der Waals surface area contributed by atoms with Gasteiger partial charge >= 0.3 is 0 Å². The van der Waals surface area contributed by atoms with Crippen LogP contribution in [0.3, 0.4) is 0 Å². The quantitative estimate of drug-likeness (QED) is 0.799. The van der Waals surface area contributed by atoms with Crippen LogP contribution in [-0.2, 0) is 6.54 Å². The van der Waals surface area contributed by atoms with Crippen LogP contribution in [0.4, 0.5) is 0 Å². The number of likely N-dealkylation sites (tertiary alicyclic amines) is 1. The van der Waals surface area contributed by atoms with E-state index < -0.39 is 0 Å². The normalized spacial score (nSPS) is 22.5. The average Bonchev–Trinajstić information content (AvgIpc) is 2.52. The molecule has 1 heterocycles. The van der Waals surface area contributed by atoms with Gasteiger partial charge in [0.2, 0.25) is 0 Å². The fourth-order valence-electron chi connectivity index (χ4n) is 3.00. The molecule has 1 aromatic carbocycles. The summed E-state index contributed by atoms with van der Waals surface area (Å²) in [6.07, 6.45) is 1.19. The van der Waals surface area contributed by atoms with Gasteiger partial charge in [0.25, 0.3) is 0 Å². The zero-order valence-electron chi connectivity index (χ0n) is 13.8. The number of piperidine rings is 1. The zero-order chi connectivity index (χ0) is 15.9. The number of hydrogen-bond acceptors (Lipinski definition) is 5. The van der Waals surface area contributed by atoms with Crippen molar-refractivity contribution in [2.75, 3.05) is 40.5 Å². The molecule has 2 N–H and O–H groups in total. The Bertz CT molecular complexity index is 467. The SMILES string of the molecule is COc1cc(CNC2CCN(C)CC2C)ccc1OCCO. The van der Waals surface area contributed by atoms with E-state index in [0.29, 0.717) is 23.5 Å². The van der Waals surface area contributed by atoms with Crippen molar-refractivity contribution in [3.8, 4) is 11.5 Å². The van der Waals surface area contributed by atoms with Crippen LogP contribution in [0.15, 0.2) is 18.2 Å². The van der Waals surface area contributed by atoms with E-state index in [1.54, 1.807) is 7.11 Å². The minimum Gasteiger partial charge on any atom is -0.493 e. The van der Waals surface area contributed by atoms with Gasteiger partial charge in [-0.1, -0.05) is 13.0 Å². The third-order valence-corrected chi connectivity index (χ3v) is 4.25. The lowest BCUT2D eigenvalue weighted by molar-refractivity contribution is 0.174. The first kappa shape index (κ1) is 17.1. The summed E-state index contributed by atoms with van der Waals surface area (Å²) in [4.78, 5) is 2.39. The maximum absolute atomic E-state index is 8.84. The molecule has 0 spiro atoms. The van der Waals surface area contributed by atoms with Gasteiger partial charge in [0, 0.05) is 19.1 Å². The number of ether oxygens (including phenoxy) is 2. The predicted octanol–water partition coefficient (Wildman–Crippen LogP) is 1.50. The Kier molecular flexibility index (Phi) is 6.49. The highest BCUT2D eigenvalue weighted by Crippen LogP contribution is 2.28. The average molecular weight is 308 g/mol. The van der Waals surface area contributed by atoms with Crippen molar-refractivity contribution in [3.05, 3.63) is 23.8 Å². The second kappa shape index (κ2) is 8.36. The van der Waals surface area contributed by atoms with E-state index in [9.17, 15) is 0 Å². The molecule has 0 aromatic heterocycles. The number of nitrogens with one attached hydrogen (secondary N) is 1. The van der Waals surface area contributed by atoms with E-state index in [1.807, 2.05) is 18.2 Å². The molecule has 1 fully saturated rings. The summed E-state index contributed by atoms with van der Waals surface area (Å²) in [7, 11) is 3.82. The molecule has 0 saturated carbocycles. The summed E-state index contributed by atoms with van der Waals surface area (Å²) in [5.74, 6) is 2.05. The zero-order valence-corrected chi connectivity index (χ0v) is 13.8. The highest BCUT2D eigenvalue weighted by molar-refractivity contribution is 5.43. The van der Waals surface area contributed by atoms with Crippen LogP contribution in [0, 0.1) is 5.92 Å². The van der Waals surface area contributed by atoms with E-state index in [2.05, 4.69) is 24.2 Å². The van der Waals surface area contributed by atoms with Crippen LogP contribution in [0.2, 0.25) is 0 Å². The van der Waals surface area contributed by atoms with Gasteiger partial charge in [-0.2, -0.15) is 0 Å². The molecule has 5 heteroatoms. The molecule has 2 unspecified atom stereocenters. The van der Waals surface area contributed by atoms with Crippen LogP contribution < -0.4 is 14.8 Å². The van der Waals surface area contributed by atoms with Gasteiger partial charge in [-0.3, -0.25) is 0 Å². The third kappa shape index (κ3) is 4.60. The van der Waals surface area contributed by atoms with Crippen molar-refractivity contribution in [2.45, 2.75) is 25.9 Å². The fraction of sp³-hybridized carbons (Fsp3) is 0.647. The second-order valence-corrected chi connectivity index (χ2v) is 6.07. The summed E-state index contributed by atoms with van der Waals surface area (Å²) in [6, 6.07) is 6.51. The molecule has 2 atom stereocenters. The second-order valence-electron chi connectivity index (χ2n) is 6.07. The van der Waals surface area contributed by atoms with Gasteiger partial charge in [0.1, 0.15) is 6.61 Å². The molecule has 2 rings (SSSR count). The molecular weight excluding hydrogens is 280 g/mol. The Morgan fingerprint density at radius 3 is 2.86 bits per heavy atom. The van der Waals surface area contributed by atoms with Crippen molar-refractivity contribution in [2.24, 2.45) is 5.92 Å². The Hall–Kier alpha value is -1.30. The van der Waals surface area contributed by atoms with Crippen LogP contribution >= 0.6 is 0 Å². The van der Waals surface area contributed by atoms with Gasteiger partial charge < -0.3 is 24.8 Å². The molecule has 0 aliphatic carbocycles. The monoisotopic (exact) mass is 308 g/mol. The summed E-state index contributed by atoms with van der Waals surface area (Å²) in [5.41, 5.74) is 1.18. The highest BCUT2D eigenvalue weighted by Gasteiger charge is 2.23. The van der Waals surface area contributed by atoms with Gasteiger partial charge in [0.15, 0.2) is 11.5 Å². The first-order valence-electron chi connectivity index (χ1n) is 7.96. The topological polar surface area (TPSA) is 54.0 Å². The van der Waals surface area contributed by atoms with Gasteiger partial charge in [-0.05, 0) is 43.6 Å². The van der Waals surface area contributed by atoms with E-state index in [0.717, 1.165) is 19.6 Å². The first-order valence-corrected chi connectivity index (χ1v) is 7.96. The largest absolute Gasteiger partial charge is 0.493 e. The smallest absolute Gasteiger partial charge is 0.161 e. The van der Waals surface area contributed by atoms with Crippen molar-refractivity contribution < 1.29 is 14.6 Å². The van der Waals surface area contributed by atoms with Gasteiger partial charge in [0.05, 0.1) is 13.7 Å². The van der Waals surface area contributed by atoms with E-state index in [-0.39, 0.29) is 13.2 Å². The first-order chi connectivity index (χ1) is 10.6. The Labute approximate surface area is 133 Å². The van der Waals surface area contributed by atoms with Crippen molar-refractivity contribution >= 4 is 0 Å². The molecular formula is C17H28N2O3. The Morgan fingerprint density at radius 2 is 2.18 bits per heavy atom. The maximum atomic E-state index is 8.84. The molecule has 0 amide bonds. The molecule has 0 radical (unpaired) electrons. The molecule has 0 bridgehead atoms. The summed E-state index contributed by atoms with van der Waals surface area (Å²) in [6.45, 7) is 5.71.